The van der Waals surface area contributed by atoms with Gasteiger partial charge in [-0.15, -0.1) is 0 Å². The van der Waals surface area contributed by atoms with Crippen LogP contribution in [0.5, 0.6) is 11.6 Å². The minimum absolute atomic E-state index is 0.0754. The molecule has 1 heterocycles. The normalized spacial score (nSPS) is 11.4. The van der Waals surface area contributed by atoms with Gasteiger partial charge >= 0.3 is 5.69 Å². The molecule has 0 spiro atoms. The summed E-state index contributed by atoms with van der Waals surface area (Å²) in [7, 11) is 4.22. The Bertz CT molecular complexity index is 1330. The molecule has 178 valence electrons. The average Bonchev–Trinajstić information content (AvgIpc) is 2.85. The Morgan fingerprint density at radius 1 is 1.09 bits per heavy atom. The van der Waals surface area contributed by atoms with Crippen LogP contribution in [0.25, 0.3) is 0 Å². The quantitative estimate of drug-likeness (QED) is 0.379. The van der Waals surface area contributed by atoms with Crippen molar-refractivity contribution in [2.75, 3.05) is 12.9 Å². The van der Waals surface area contributed by atoms with Gasteiger partial charge in [-0.05, 0) is 42.0 Å². The van der Waals surface area contributed by atoms with Crippen LogP contribution in [0.2, 0.25) is 5.02 Å². The number of benzene rings is 2. The molecule has 0 fully saturated rings. The largest absolute Gasteiger partial charge is 0.497 e. The molecule has 1 amide bonds. The van der Waals surface area contributed by atoms with Crippen molar-refractivity contribution in [2.45, 2.75) is 6.54 Å². The number of hydrogen-bond acceptors (Lipinski definition) is 7. The van der Waals surface area contributed by atoms with E-state index in [-0.39, 0.29) is 22.3 Å². The predicted octanol–water partition coefficient (Wildman–Crippen LogP) is 2.58. The van der Waals surface area contributed by atoms with Crippen molar-refractivity contribution >= 4 is 40.0 Å². The number of aromatic nitrogens is 2. The Kier molecular flexibility index (Phi) is 8.19. The number of methoxy groups -OCH3 is 1. The van der Waals surface area contributed by atoms with Crippen LogP contribution < -0.4 is 21.3 Å². The zero-order valence-corrected chi connectivity index (χ0v) is 20.3. The van der Waals surface area contributed by atoms with Crippen molar-refractivity contribution in [1.82, 2.24) is 14.5 Å². The average molecular weight is 503 g/mol. The first-order chi connectivity index (χ1) is 16.2. The zero-order valence-electron chi connectivity index (χ0n) is 18.7. The molecule has 0 aliphatic carbocycles. The highest BCUT2D eigenvalue weighted by Crippen LogP contribution is 2.24. The van der Waals surface area contributed by atoms with Gasteiger partial charge < -0.3 is 15.2 Å². The predicted molar refractivity (Wildman–Crippen MR) is 134 cm³/mol. The lowest BCUT2D eigenvalue weighted by Gasteiger charge is -2.12. The minimum Gasteiger partial charge on any atom is -0.497 e. The zero-order chi connectivity index (χ0) is 24.8. The van der Waals surface area contributed by atoms with Gasteiger partial charge in [0, 0.05) is 25.7 Å². The Balaban J connectivity index is 1.85. The van der Waals surface area contributed by atoms with Crippen LogP contribution >= 0.6 is 23.4 Å². The number of carbonyl (C=O) groups excluding carboxylic acids is 1. The number of carbonyl (C=O) groups is 1. The molecule has 9 nitrogen and oxygen atoms in total. The van der Waals surface area contributed by atoms with Gasteiger partial charge in [0.2, 0.25) is 11.8 Å². The van der Waals surface area contributed by atoms with Crippen molar-refractivity contribution < 1.29 is 14.6 Å². The number of amides is 1. The summed E-state index contributed by atoms with van der Waals surface area (Å²) in [5, 5.41) is 14.0. The summed E-state index contributed by atoms with van der Waals surface area (Å²) in [6, 6.07) is 13.8. The second-order valence-corrected chi connectivity index (χ2v) is 8.61. The molecule has 0 aliphatic rings. The Labute approximate surface area is 204 Å². The third-order valence-electron chi connectivity index (χ3n) is 4.89. The number of hydrogen-bond donors (Lipinski definition) is 2. The van der Waals surface area contributed by atoms with Gasteiger partial charge in [0.05, 0.1) is 18.6 Å². The number of nitrogens with one attached hydrogen (secondary N) is 1. The van der Waals surface area contributed by atoms with E-state index in [1.54, 1.807) is 43.5 Å². The fourth-order valence-corrected chi connectivity index (χ4v) is 3.93. The molecule has 0 saturated carbocycles. The maximum absolute atomic E-state index is 12.8. The summed E-state index contributed by atoms with van der Waals surface area (Å²) in [6.45, 7) is 0.305. The molecule has 0 saturated heterocycles. The fourth-order valence-electron chi connectivity index (χ4n) is 2.94. The van der Waals surface area contributed by atoms with Crippen molar-refractivity contribution in [1.29, 1.82) is 0 Å². The van der Waals surface area contributed by atoms with E-state index in [2.05, 4.69) is 10.3 Å². The van der Waals surface area contributed by atoms with E-state index < -0.39 is 17.1 Å². The molecule has 34 heavy (non-hydrogen) atoms. The first-order valence-corrected chi connectivity index (χ1v) is 11.4. The lowest BCUT2D eigenvalue weighted by molar-refractivity contribution is -0.118. The monoisotopic (exact) mass is 502 g/mol. The van der Waals surface area contributed by atoms with E-state index in [4.69, 9.17) is 16.3 Å². The number of halogens is 1. The first kappa shape index (κ1) is 25.1. The van der Waals surface area contributed by atoms with E-state index in [0.717, 1.165) is 26.5 Å². The number of nitrogens with zero attached hydrogens (tertiary/aromatic N) is 3. The van der Waals surface area contributed by atoms with Crippen LogP contribution in [0.15, 0.2) is 63.1 Å². The van der Waals surface area contributed by atoms with E-state index >= 15 is 0 Å². The number of aliphatic imine (C=N–C) groups is 1. The number of thioether (sulfide) groups is 1. The molecule has 3 aromatic rings. The van der Waals surface area contributed by atoms with Gasteiger partial charge in [-0.2, -0.15) is 0 Å². The highest BCUT2D eigenvalue weighted by atomic mass is 35.5. The van der Waals surface area contributed by atoms with Gasteiger partial charge in [0.25, 0.3) is 5.56 Å². The molecule has 2 aromatic carbocycles. The van der Waals surface area contributed by atoms with Crippen molar-refractivity contribution in [3.05, 3.63) is 85.5 Å². The molecule has 2 N–H and O–H groups in total. The lowest BCUT2D eigenvalue weighted by atomic mass is 10.2. The van der Waals surface area contributed by atoms with Crippen LogP contribution in [0.1, 0.15) is 11.1 Å². The van der Waals surface area contributed by atoms with E-state index in [1.165, 1.54) is 14.1 Å². The molecule has 3 rings (SSSR count). The maximum atomic E-state index is 12.8. The first-order valence-electron chi connectivity index (χ1n) is 10.1. The molecular weight excluding hydrogens is 480 g/mol. The van der Waals surface area contributed by atoms with E-state index in [1.807, 2.05) is 12.1 Å². The summed E-state index contributed by atoms with van der Waals surface area (Å²) in [5.41, 5.74) is -0.231. The molecule has 1 aromatic heterocycles. The van der Waals surface area contributed by atoms with Crippen molar-refractivity contribution in [3.8, 4) is 11.6 Å². The molecular formula is C23H23ClN4O5S. The second kappa shape index (κ2) is 11.1. The minimum atomic E-state index is -0.723. The lowest BCUT2D eigenvalue weighted by Crippen LogP contribution is -2.39. The molecule has 11 heteroatoms. The number of ether oxygens (including phenoxy) is 1. The van der Waals surface area contributed by atoms with Crippen LogP contribution in [-0.2, 0) is 25.4 Å². The smallest absolute Gasteiger partial charge is 0.333 e. The van der Waals surface area contributed by atoms with Crippen LogP contribution in [0.3, 0.4) is 0 Å². The van der Waals surface area contributed by atoms with Gasteiger partial charge in [0.1, 0.15) is 16.4 Å². The molecule has 0 unspecified atom stereocenters. The summed E-state index contributed by atoms with van der Waals surface area (Å²) in [4.78, 5) is 41.9. The highest BCUT2D eigenvalue weighted by Gasteiger charge is 2.21. The van der Waals surface area contributed by atoms with Gasteiger partial charge in [-0.1, -0.05) is 35.5 Å². The SMILES string of the molecule is COc1ccc(CNC(=O)CSC(=Nc2ccc(Cl)cc2)c2c(O)n(C)c(=O)n(C)c2=O)cc1. The number of aromatic hydroxyl groups is 1. The topological polar surface area (TPSA) is 115 Å². The Morgan fingerprint density at radius 2 is 1.74 bits per heavy atom. The molecule has 0 bridgehead atoms. The Morgan fingerprint density at radius 3 is 2.35 bits per heavy atom. The van der Waals surface area contributed by atoms with E-state index in [0.29, 0.717) is 23.0 Å². The van der Waals surface area contributed by atoms with Gasteiger partial charge in [0.15, 0.2) is 0 Å². The molecule has 0 atom stereocenters. The van der Waals surface area contributed by atoms with Gasteiger partial charge in [-0.25, -0.2) is 9.79 Å². The standard InChI is InChI=1S/C23H23ClN4O5S/c1-27-21(30)19(22(31)28(2)23(27)32)20(26-16-8-6-15(24)7-9-16)34-13-18(29)25-12-14-4-10-17(33-3)11-5-14/h4-11,30H,12-13H2,1-3H3,(H,25,29). The third-order valence-corrected chi connectivity index (χ3v) is 6.12. The summed E-state index contributed by atoms with van der Waals surface area (Å²) in [5.74, 6) is -0.196. The number of rotatable bonds is 7. The highest BCUT2D eigenvalue weighted by molar-refractivity contribution is 8.15. The molecule has 0 radical (unpaired) electrons. The summed E-state index contributed by atoms with van der Waals surface area (Å²) < 4.78 is 6.93. The fraction of sp³-hybridized carbons (Fsp3) is 0.217. The van der Waals surface area contributed by atoms with Gasteiger partial charge in [-0.3, -0.25) is 18.7 Å². The van der Waals surface area contributed by atoms with Crippen molar-refractivity contribution in [2.24, 2.45) is 19.1 Å². The molecule has 0 aliphatic heterocycles. The van der Waals surface area contributed by atoms with Crippen LogP contribution in [-0.4, -0.2) is 38.1 Å². The second-order valence-electron chi connectivity index (χ2n) is 7.21. The van der Waals surface area contributed by atoms with Crippen molar-refractivity contribution in [3.63, 3.8) is 0 Å². The Hall–Kier alpha value is -3.50. The maximum Gasteiger partial charge on any atom is 0.333 e. The van der Waals surface area contributed by atoms with Crippen LogP contribution in [0, 0.1) is 0 Å². The van der Waals surface area contributed by atoms with Crippen LogP contribution in [0.4, 0.5) is 5.69 Å². The summed E-state index contributed by atoms with van der Waals surface area (Å²) >= 11 is 6.91. The third kappa shape index (κ3) is 5.89. The van der Waals surface area contributed by atoms with E-state index in [9.17, 15) is 19.5 Å². The summed E-state index contributed by atoms with van der Waals surface area (Å²) in [6.07, 6.45) is 0.